The molecule has 1 aromatic rings. The first-order valence-electron chi connectivity index (χ1n) is 4.94. The van der Waals surface area contributed by atoms with Gasteiger partial charge in [-0.1, -0.05) is 23.2 Å². The van der Waals surface area contributed by atoms with Crippen molar-refractivity contribution in [2.75, 3.05) is 11.9 Å². The standard InChI is InChI=1S/C11H13Cl2FN2O/c1-11(2,5-15)10(17)16-9-7(12)3-6(14)4-8(9)13/h3-4H,5,15H2,1-2H3,(H,16,17). The molecule has 1 rings (SSSR count). The fourth-order valence-electron chi connectivity index (χ4n) is 1.04. The van der Waals surface area contributed by atoms with Crippen LogP contribution in [0.4, 0.5) is 10.1 Å². The lowest BCUT2D eigenvalue weighted by atomic mass is 9.92. The predicted octanol–water partition coefficient (Wildman–Crippen LogP) is 3.06. The van der Waals surface area contributed by atoms with E-state index < -0.39 is 11.2 Å². The number of nitrogens with one attached hydrogen (secondary N) is 1. The van der Waals surface area contributed by atoms with Gasteiger partial charge in [0.05, 0.1) is 21.1 Å². The molecule has 6 heteroatoms. The number of anilines is 1. The van der Waals surface area contributed by atoms with E-state index >= 15 is 0 Å². The second-order valence-electron chi connectivity index (χ2n) is 4.29. The van der Waals surface area contributed by atoms with Crippen LogP contribution in [0, 0.1) is 11.2 Å². The van der Waals surface area contributed by atoms with Gasteiger partial charge >= 0.3 is 0 Å². The van der Waals surface area contributed by atoms with E-state index in [1.54, 1.807) is 13.8 Å². The van der Waals surface area contributed by atoms with Crippen LogP contribution in [0.2, 0.25) is 10.0 Å². The van der Waals surface area contributed by atoms with Crippen molar-refractivity contribution in [3.8, 4) is 0 Å². The maximum atomic E-state index is 12.9. The Kier molecular flexibility index (Phi) is 4.36. The fourth-order valence-corrected chi connectivity index (χ4v) is 1.59. The van der Waals surface area contributed by atoms with E-state index in [2.05, 4.69) is 5.32 Å². The van der Waals surface area contributed by atoms with Crippen molar-refractivity contribution in [1.82, 2.24) is 0 Å². The molecule has 0 saturated carbocycles. The zero-order valence-corrected chi connectivity index (χ0v) is 11.0. The molecule has 17 heavy (non-hydrogen) atoms. The smallest absolute Gasteiger partial charge is 0.231 e. The van der Waals surface area contributed by atoms with Gasteiger partial charge in [-0.05, 0) is 26.0 Å². The maximum Gasteiger partial charge on any atom is 0.231 e. The summed E-state index contributed by atoms with van der Waals surface area (Å²) >= 11 is 11.6. The van der Waals surface area contributed by atoms with E-state index in [4.69, 9.17) is 28.9 Å². The van der Waals surface area contributed by atoms with Gasteiger partial charge in [0.1, 0.15) is 5.82 Å². The van der Waals surface area contributed by atoms with Crippen LogP contribution >= 0.6 is 23.2 Å². The van der Waals surface area contributed by atoms with Crippen LogP contribution in [0.15, 0.2) is 12.1 Å². The summed E-state index contributed by atoms with van der Waals surface area (Å²) in [7, 11) is 0. The number of hydrogen-bond donors (Lipinski definition) is 2. The van der Waals surface area contributed by atoms with E-state index in [1.165, 1.54) is 0 Å². The number of rotatable bonds is 3. The Balaban J connectivity index is 3.01. The Morgan fingerprint density at radius 1 is 1.41 bits per heavy atom. The summed E-state index contributed by atoms with van der Waals surface area (Å²) in [6.45, 7) is 3.55. The van der Waals surface area contributed by atoms with Crippen molar-refractivity contribution >= 4 is 34.8 Å². The van der Waals surface area contributed by atoms with Gasteiger partial charge in [0.15, 0.2) is 0 Å². The zero-order valence-electron chi connectivity index (χ0n) is 9.48. The van der Waals surface area contributed by atoms with E-state index in [0.29, 0.717) is 0 Å². The van der Waals surface area contributed by atoms with Crippen molar-refractivity contribution in [2.24, 2.45) is 11.1 Å². The summed E-state index contributed by atoms with van der Waals surface area (Å²) < 4.78 is 12.9. The number of amides is 1. The molecule has 3 nitrogen and oxygen atoms in total. The third-order valence-corrected chi connectivity index (χ3v) is 2.97. The molecule has 0 aliphatic carbocycles. The van der Waals surface area contributed by atoms with Gasteiger partial charge in [0, 0.05) is 6.54 Å². The monoisotopic (exact) mass is 278 g/mol. The quantitative estimate of drug-likeness (QED) is 0.893. The molecule has 1 aromatic carbocycles. The van der Waals surface area contributed by atoms with Gasteiger partial charge < -0.3 is 11.1 Å². The van der Waals surface area contributed by atoms with Crippen LogP contribution < -0.4 is 11.1 Å². The minimum atomic E-state index is -0.749. The first kappa shape index (κ1) is 14.2. The molecule has 0 spiro atoms. The molecule has 3 N–H and O–H groups in total. The third-order valence-electron chi connectivity index (χ3n) is 2.37. The Bertz CT molecular complexity index is 426. The number of carbonyl (C=O) groups excluding carboxylic acids is 1. The molecule has 1 amide bonds. The number of halogens is 3. The van der Waals surface area contributed by atoms with E-state index in [9.17, 15) is 9.18 Å². The highest BCUT2D eigenvalue weighted by Gasteiger charge is 2.27. The van der Waals surface area contributed by atoms with Gasteiger partial charge in [0.2, 0.25) is 5.91 Å². The third kappa shape index (κ3) is 3.31. The van der Waals surface area contributed by atoms with Gasteiger partial charge in [-0.15, -0.1) is 0 Å². The molecule has 0 fully saturated rings. The molecular formula is C11H13Cl2FN2O. The van der Waals surface area contributed by atoms with Crippen molar-refractivity contribution in [3.63, 3.8) is 0 Å². The Morgan fingerprint density at radius 2 is 1.88 bits per heavy atom. The first-order chi connectivity index (χ1) is 7.77. The number of nitrogens with two attached hydrogens (primary N) is 1. The van der Waals surface area contributed by atoms with Crippen LogP contribution in [0.5, 0.6) is 0 Å². The average molecular weight is 279 g/mol. The molecule has 0 aliphatic heterocycles. The van der Waals surface area contributed by atoms with E-state index in [-0.39, 0.29) is 28.2 Å². The summed E-state index contributed by atoms with van der Waals surface area (Å²) in [5.74, 6) is -0.883. The summed E-state index contributed by atoms with van der Waals surface area (Å²) in [4.78, 5) is 11.9. The number of benzene rings is 1. The molecule has 0 radical (unpaired) electrons. The van der Waals surface area contributed by atoms with Crippen LogP contribution in [0.1, 0.15) is 13.8 Å². The summed E-state index contributed by atoms with van der Waals surface area (Å²) in [5.41, 5.74) is 4.92. The van der Waals surface area contributed by atoms with Crippen LogP contribution in [-0.2, 0) is 4.79 Å². The molecule has 0 atom stereocenters. The van der Waals surface area contributed by atoms with E-state index in [1.807, 2.05) is 0 Å². The Labute approximate surface area is 109 Å². The van der Waals surface area contributed by atoms with Gasteiger partial charge in [-0.3, -0.25) is 4.79 Å². The lowest BCUT2D eigenvalue weighted by Crippen LogP contribution is -2.37. The molecule has 0 bridgehead atoms. The highest BCUT2D eigenvalue weighted by atomic mass is 35.5. The molecule has 0 saturated heterocycles. The number of carbonyl (C=O) groups is 1. The average Bonchev–Trinajstić information content (AvgIpc) is 2.22. The van der Waals surface area contributed by atoms with Crippen LogP contribution in [0.25, 0.3) is 0 Å². The summed E-state index contributed by atoms with van der Waals surface area (Å²) in [6, 6.07) is 2.16. The minimum absolute atomic E-state index is 0.0520. The molecule has 0 aliphatic rings. The SMILES string of the molecule is CC(C)(CN)C(=O)Nc1c(Cl)cc(F)cc1Cl. The highest BCUT2D eigenvalue weighted by Crippen LogP contribution is 2.32. The van der Waals surface area contributed by atoms with Crippen LogP contribution in [0.3, 0.4) is 0 Å². The lowest BCUT2D eigenvalue weighted by Gasteiger charge is -2.22. The van der Waals surface area contributed by atoms with Crippen molar-refractivity contribution < 1.29 is 9.18 Å². The van der Waals surface area contributed by atoms with Gasteiger partial charge in [0.25, 0.3) is 0 Å². The normalized spacial score (nSPS) is 11.4. The molecule has 0 heterocycles. The van der Waals surface area contributed by atoms with Crippen molar-refractivity contribution in [1.29, 1.82) is 0 Å². The second-order valence-corrected chi connectivity index (χ2v) is 5.10. The molecular weight excluding hydrogens is 266 g/mol. The summed E-state index contributed by atoms with van der Waals surface area (Å²) in [5, 5.41) is 2.65. The Morgan fingerprint density at radius 3 is 2.29 bits per heavy atom. The second kappa shape index (κ2) is 5.21. The summed E-state index contributed by atoms with van der Waals surface area (Å²) in [6.07, 6.45) is 0. The fraction of sp³-hybridized carbons (Fsp3) is 0.364. The van der Waals surface area contributed by atoms with Crippen molar-refractivity contribution in [3.05, 3.63) is 28.0 Å². The Hall–Kier alpha value is -0.840. The maximum absolute atomic E-state index is 12.9. The minimum Gasteiger partial charge on any atom is -0.329 e. The van der Waals surface area contributed by atoms with Crippen LogP contribution in [-0.4, -0.2) is 12.5 Å². The predicted molar refractivity (Wildman–Crippen MR) is 67.9 cm³/mol. The van der Waals surface area contributed by atoms with E-state index in [0.717, 1.165) is 12.1 Å². The number of hydrogen-bond acceptors (Lipinski definition) is 2. The lowest BCUT2D eigenvalue weighted by molar-refractivity contribution is -0.123. The molecule has 0 unspecified atom stereocenters. The van der Waals surface area contributed by atoms with Crippen molar-refractivity contribution in [2.45, 2.75) is 13.8 Å². The molecule has 94 valence electrons. The van der Waals surface area contributed by atoms with Gasteiger partial charge in [-0.2, -0.15) is 0 Å². The first-order valence-corrected chi connectivity index (χ1v) is 5.69. The topological polar surface area (TPSA) is 55.1 Å². The largest absolute Gasteiger partial charge is 0.329 e. The molecule has 0 aromatic heterocycles. The zero-order chi connectivity index (χ0) is 13.2. The van der Waals surface area contributed by atoms with Gasteiger partial charge in [-0.25, -0.2) is 4.39 Å². The highest BCUT2D eigenvalue weighted by molar-refractivity contribution is 6.39.